The minimum atomic E-state index is -3.68. The van der Waals surface area contributed by atoms with Crippen molar-refractivity contribution in [3.8, 4) is 5.75 Å². The van der Waals surface area contributed by atoms with Gasteiger partial charge in [0.25, 0.3) is 5.91 Å². The summed E-state index contributed by atoms with van der Waals surface area (Å²) in [6.45, 7) is 3.86. The van der Waals surface area contributed by atoms with E-state index in [-0.39, 0.29) is 23.5 Å². The third kappa shape index (κ3) is 6.15. The molecule has 1 unspecified atom stereocenters. The predicted molar refractivity (Wildman–Crippen MR) is 128 cm³/mol. The zero-order chi connectivity index (χ0) is 24.9. The molecule has 1 aromatic carbocycles. The summed E-state index contributed by atoms with van der Waals surface area (Å²) in [6.07, 6.45) is 1.16. The maximum atomic E-state index is 12.8. The Bertz CT molecular complexity index is 1170. The maximum Gasteiger partial charge on any atom is 0.414 e. The fraction of sp³-hybridized carbons (Fsp3) is 0.435. The Morgan fingerprint density at radius 3 is 2.53 bits per heavy atom. The van der Waals surface area contributed by atoms with E-state index < -0.39 is 33.5 Å². The van der Waals surface area contributed by atoms with Gasteiger partial charge in [-0.05, 0) is 61.9 Å². The van der Waals surface area contributed by atoms with Gasteiger partial charge in [-0.2, -0.15) is 0 Å². The number of thiophene rings is 1. The van der Waals surface area contributed by atoms with Gasteiger partial charge in [-0.15, -0.1) is 11.3 Å². The fourth-order valence-corrected chi connectivity index (χ4v) is 6.38. The summed E-state index contributed by atoms with van der Waals surface area (Å²) in [5.41, 5.74) is 1.05. The van der Waals surface area contributed by atoms with E-state index in [1.165, 1.54) is 30.6 Å². The fourth-order valence-electron chi connectivity index (χ4n) is 3.72. The van der Waals surface area contributed by atoms with Crippen LogP contribution in [-0.2, 0) is 32.2 Å². The van der Waals surface area contributed by atoms with Crippen molar-refractivity contribution in [2.45, 2.75) is 44.4 Å². The van der Waals surface area contributed by atoms with E-state index in [9.17, 15) is 22.8 Å². The van der Waals surface area contributed by atoms with Crippen LogP contribution in [0, 0.1) is 5.92 Å². The van der Waals surface area contributed by atoms with Crippen molar-refractivity contribution in [2.75, 3.05) is 24.8 Å². The molecule has 0 fully saturated rings. The van der Waals surface area contributed by atoms with E-state index in [0.717, 1.165) is 23.3 Å². The molecule has 0 aliphatic heterocycles. The number of rotatable bonds is 8. The van der Waals surface area contributed by atoms with Gasteiger partial charge < -0.3 is 14.8 Å². The smallest absolute Gasteiger partial charge is 0.414 e. The lowest BCUT2D eigenvalue weighted by Crippen LogP contribution is -2.32. The van der Waals surface area contributed by atoms with Gasteiger partial charge in [0, 0.05) is 11.3 Å². The van der Waals surface area contributed by atoms with Crippen molar-refractivity contribution in [1.29, 1.82) is 0 Å². The first-order valence-electron chi connectivity index (χ1n) is 10.9. The lowest BCUT2D eigenvalue weighted by atomic mass is 9.88. The number of ether oxygens (including phenoxy) is 2. The maximum absolute atomic E-state index is 12.8. The Morgan fingerprint density at radius 2 is 1.88 bits per heavy atom. The Labute approximate surface area is 202 Å². The molecular formula is C23H28N2O7S2. The molecule has 1 aliphatic carbocycles. The van der Waals surface area contributed by atoms with Crippen LogP contribution in [0.5, 0.6) is 5.75 Å². The summed E-state index contributed by atoms with van der Waals surface area (Å²) in [4.78, 5) is 38.3. The SMILES string of the molecule is CCOC(=O)NC(=O)c1c(NC(=O)CCS(=O)(=O)c2ccc(OC)cc2)sc2c1CCC(C)C2. The first-order valence-corrected chi connectivity index (χ1v) is 13.4. The number of methoxy groups -OCH3 is 1. The molecule has 3 amide bonds. The third-order valence-corrected chi connectivity index (χ3v) is 8.40. The van der Waals surface area contributed by atoms with Crippen LogP contribution in [0.3, 0.4) is 0 Å². The van der Waals surface area contributed by atoms with Crippen LogP contribution in [0.25, 0.3) is 0 Å². The quantitative estimate of drug-likeness (QED) is 0.558. The molecule has 11 heteroatoms. The molecule has 1 heterocycles. The van der Waals surface area contributed by atoms with Crippen molar-refractivity contribution in [3.63, 3.8) is 0 Å². The van der Waals surface area contributed by atoms with Gasteiger partial charge in [0.1, 0.15) is 10.8 Å². The molecule has 0 spiro atoms. The summed E-state index contributed by atoms with van der Waals surface area (Å²) < 4.78 is 35.0. The first kappa shape index (κ1) is 25.7. The van der Waals surface area contributed by atoms with E-state index >= 15 is 0 Å². The number of carbonyl (C=O) groups excluding carboxylic acids is 3. The van der Waals surface area contributed by atoms with Gasteiger partial charge in [0.05, 0.1) is 29.9 Å². The standard InChI is InChI=1S/C23H28N2O7S2/c1-4-32-23(28)25-21(27)20-17-10-5-14(2)13-18(17)33-22(20)24-19(26)11-12-34(29,30)16-8-6-15(31-3)7-9-16/h6-9,14H,4-5,10-13H2,1-3H3,(H,24,26)(H,25,27,28). The lowest BCUT2D eigenvalue weighted by Gasteiger charge is -2.18. The molecule has 1 atom stereocenters. The topological polar surface area (TPSA) is 128 Å². The minimum absolute atomic E-state index is 0.0937. The van der Waals surface area contributed by atoms with Crippen LogP contribution in [-0.4, -0.2) is 45.8 Å². The average molecular weight is 509 g/mol. The third-order valence-electron chi connectivity index (χ3n) is 5.50. The van der Waals surface area contributed by atoms with Crippen LogP contribution in [0.2, 0.25) is 0 Å². The molecule has 0 saturated carbocycles. The summed E-state index contributed by atoms with van der Waals surface area (Å²) in [7, 11) is -2.20. The van der Waals surface area contributed by atoms with Crippen LogP contribution in [0.1, 0.15) is 47.5 Å². The number of benzene rings is 1. The molecule has 1 aromatic heterocycles. The Hall–Kier alpha value is -2.92. The number of carbonyl (C=O) groups is 3. The van der Waals surface area contributed by atoms with Gasteiger partial charge >= 0.3 is 6.09 Å². The summed E-state index contributed by atoms with van der Waals surface area (Å²) in [5.74, 6) is -0.607. The van der Waals surface area contributed by atoms with Gasteiger partial charge in [-0.25, -0.2) is 13.2 Å². The van der Waals surface area contributed by atoms with Crippen molar-refractivity contribution < 1.29 is 32.3 Å². The van der Waals surface area contributed by atoms with Crippen molar-refractivity contribution in [3.05, 3.63) is 40.3 Å². The van der Waals surface area contributed by atoms with Crippen molar-refractivity contribution in [2.24, 2.45) is 5.92 Å². The summed E-state index contributed by atoms with van der Waals surface area (Å²) >= 11 is 1.29. The van der Waals surface area contributed by atoms with E-state index in [1.54, 1.807) is 19.1 Å². The highest BCUT2D eigenvalue weighted by Gasteiger charge is 2.29. The summed E-state index contributed by atoms with van der Waals surface area (Å²) in [6, 6.07) is 5.94. The molecule has 0 bridgehead atoms. The largest absolute Gasteiger partial charge is 0.497 e. The number of alkyl carbamates (subject to hydrolysis) is 1. The molecule has 184 valence electrons. The van der Waals surface area contributed by atoms with E-state index in [1.807, 2.05) is 0 Å². The Kier molecular flexibility index (Phi) is 8.32. The van der Waals surface area contributed by atoms with Gasteiger partial charge in [0.2, 0.25) is 5.91 Å². The first-order chi connectivity index (χ1) is 16.1. The minimum Gasteiger partial charge on any atom is -0.497 e. The van der Waals surface area contributed by atoms with Crippen molar-refractivity contribution in [1.82, 2.24) is 5.32 Å². The van der Waals surface area contributed by atoms with Gasteiger partial charge in [0.15, 0.2) is 9.84 Å². The second-order valence-electron chi connectivity index (χ2n) is 8.02. The van der Waals surface area contributed by atoms with Gasteiger partial charge in [-0.1, -0.05) is 6.92 Å². The van der Waals surface area contributed by atoms with Crippen LogP contribution >= 0.6 is 11.3 Å². The molecule has 9 nitrogen and oxygen atoms in total. The van der Waals surface area contributed by atoms with E-state index in [0.29, 0.717) is 23.1 Å². The number of imide groups is 1. The normalized spacial score (nSPS) is 15.2. The van der Waals surface area contributed by atoms with Crippen LogP contribution in [0.4, 0.5) is 9.80 Å². The highest BCUT2D eigenvalue weighted by atomic mass is 32.2. The molecule has 1 aliphatic rings. The highest BCUT2D eigenvalue weighted by molar-refractivity contribution is 7.91. The number of fused-ring (bicyclic) bond motifs is 1. The number of anilines is 1. The molecule has 2 N–H and O–H groups in total. The zero-order valence-electron chi connectivity index (χ0n) is 19.3. The number of hydrogen-bond acceptors (Lipinski definition) is 8. The zero-order valence-corrected chi connectivity index (χ0v) is 20.9. The second-order valence-corrected chi connectivity index (χ2v) is 11.2. The van der Waals surface area contributed by atoms with Crippen LogP contribution < -0.4 is 15.4 Å². The number of amides is 3. The molecule has 3 rings (SSSR count). The lowest BCUT2D eigenvalue weighted by molar-refractivity contribution is -0.115. The van der Waals surface area contributed by atoms with E-state index in [4.69, 9.17) is 9.47 Å². The Morgan fingerprint density at radius 1 is 1.18 bits per heavy atom. The summed E-state index contributed by atoms with van der Waals surface area (Å²) in [5, 5.41) is 5.20. The molecule has 2 aromatic rings. The molecule has 0 saturated heterocycles. The van der Waals surface area contributed by atoms with Crippen molar-refractivity contribution >= 4 is 44.1 Å². The van der Waals surface area contributed by atoms with Crippen LogP contribution in [0.15, 0.2) is 29.2 Å². The number of hydrogen-bond donors (Lipinski definition) is 2. The van der Waals surface area contributed by atoms with E-state index in [2.05, 4.69) is 17.6 Å². The highest BCUT2D eigenvalue weighted by Crippen LogP contribution is 2.39. The predicted octanol–water partition coefficient (Wildman–Crippen LogP) is 3.57. The second kappa shape index (κ2) is 11.0. The Balaban J connectivity index is 1.75. The monoisotopic (exact) mass is 508 g/mol. The van der Waals surface area contributed by atoms with Gasteiger partial charge in [-0.3, -0.25) is 14.9 Å². The number of nitrogens with one attached hydrogen (secondary N) is 2. The number of sulfone groups is 1. The molecular weight excluding hydrogens is 480 g/mol. The molecule has 0 radical (unpaired) electrons. The molecule has 34 heavy (non-hydrogen) atoms. The average Bonchev–Trinajstić information content (AvgIpc) is 3.14.